The molecule has 2 aromatic rings. The number of ether oxygens (including phenoxy) is 3. The minimum atomic E-state index is -3.91. The molecular weight excluding hydrogens is 455 g/mol. The van der Waals surface area contributed by atoms with E-state index in [0.29, 0.717) is 30.4 Å². The van der Waals surface area contributed by atoms with Gasteiger partial charge in [0.2, 0.25) is 10.0 Å². The largest absolute Gasteiger partial charge is 0.486 e. The molecule has 1 heterocycles. The number of nitrogens with one attached hydrogen (secondary N) is 1. The smallest absolute Gasteiger partial charge is 0.341 e. The summed E-state index contributed by atoms with van der Waals surface area (Å²) in [7, 11) is -3.91. The maximum atomic E-state index is 14.3. The normalized spacial score (nSPS) is 14.0. The van der Waals surface area contributed by atoms with Gasteiger partial charge in [0.1, 0.15) is 19.0 Å². The molecule has 1 amide bonds. The molecule has 0 aromatic heterocycles. The fourth-order valence-corrected chi connectivity index (χ4v) is 4.66. The number of fused-ring (bicyclic) bond motifs is 1. The molecule has 9 nitrogen and oxygen atoms in total. The molecule has 0 spiro atoms. The van der Waals surface area contributed by atoms with Crippen LogP contribution in [0.25, 0.3) is 0 Å². The molecule has 2 aromatic carbocycles. The predicted octanol–water partition coefficient (Wildman–Crippen LogP) is 2.81. The van der Waals surface area contributed by atoms with Gasteiger partial charge in [-0.25, -0.2) is 17.6 Å². The minimum Gasteiger partial charge on any atom is -0.486 e. The van der Waals surface area contributed by atoms with E-state index >= 15 is 0 Å². The highest BCUT2D eigenvalue weighted by atomic mass is 32.2. The zero-order valence-electron chi connectivity index (χ0n) is 18.5. The lowest BCUT2D eigenvalue weighted by Gasteiger charge is -2.20. The third-order valence-electron chi connectivity index (χ3n) is 4.96. The van der Waals surface area contributed by atoms with Crippen molar-refractivity contribution in [3.63, 3.8) is 0 Å². The Labute approximate surface area is 191 Å². The van der Waals surface area contributed by atoms with Crippen LogP contribution in [-0.4, -0.2) is 57.0 Å². The van der Waals surface area contributed by atoms with E-state index in [1.54, 1.807) is 32.0 Å². The van der Waals surface area contributed by atoms with Crippen LogP contribution in [0.3, 0.4) is 0 Å². The average Bonchev–Trinajstić information content (AvgIpc) is 2.79. The fraction of sp³-hybridized carbons (Fsp3) is 0.364. The molecule has 0 aliphatic carbocycles. The van der Waals surface area contributed by atoms with Crippen LogP contribution >= 0.6 is 0 Å². The standard InChI is InChI=1S/C22H25FN2O7S/c1-4-25(5-2)33(28,29)16-7-8-18(23)17(13-16)22(27)32-14(3)21(26)24-15-6-9-19-20(12-15)31-11-10-30-19/h6-9,12-14H,4-5,10-11H2,1-3H3,(H,24,26). The molecule has 3 rings (SSSR count). The number of anilines is 1. The number of esters is 1. The molecule has 1 N–H and O–H groups in total. The molecule has 33 heavy (non-hydrogen) atoms. The lowest BCUT2D eigenvalue weighted by atomic mass is 10.2. The third kappa shape index (κ3) is 5.42. The maximum absolute atomic E-state index is 14.3. The van der Waals surface area contributed by atoms with E-state index < -0.39 is 39.4 Å². The van der Waals surface area contributed by atoms with Gasteiger partial charge in [0.15, 0.2) is 17.6 Å². The number of nitrogens with zero attached hydrogens (tertiary/aromatic N) is 1. The molecule has 0 saturated heterocycles. The van der Waals surface area contributed by atoms with Crippen LogP contribution in [0.1, 0.15) is 31.1 Å². The van der Waals surface area contributed by atoms with Crippen LogP contribution < -0.4 is 14.8 Å². The summed E-state index contributed by atoms with van der Waals surface area (Å²) in [5.41, 5.74) is -0.187. The van der Waals surface area contributed by atoms with Gasteiger partial charge in [0.05, 0.1) is 10.5 Å². The molecule has 0 radical (unpaired) electrons. The summed E-state index contributed by atoms with van der Waals surface area (Å²) in [6.07, 6.45) is -1.28. The SMILES string of the molecule is CCN(CC)S(=O)(=O)c1ccc(F)c(C(=O)OC(C)C(=O)Nc2ccc3c(c2)OCCO3)c1. The van der Waals surface area contributed by atoms with E-state index in [-0.39, 0.29) is 18.0 Å². The van der Waals surface area contributed by atoms with Crippen molar-refractivity contribution in [1.29, 1.82) is 0 Å². The number of carbonyl (C=O) groups excluding carboxylic acids is 2. The summed E-state index contributed by atoms with van der Waals surface area (Å²) in [4.78, 5) is 24.8. The summed E-state index contributed by atoms with van der Waals surface area (Å²) in [6, 6.07) is 7.68. The summed E-state index contributed by atoms with van der Waals surface area (Å²) in [6.45, 7) is 5.90. The number of hydrogen-bond donors (Lipinski definition) is 1. The van der Waals surface area contributed by atoms with Gasteiger partial charge in [-0.3, -0.25) is 4.79 Å². The highest BCUT2D eigenvalue weighted by molar-refractivity contribution is 7.89. The van der Waals surface area contributed by atoms with Gasteiger partial charge in [-0.2, -0.15) is 4.31 Å². The first-order valence-electron chi connectivity index (χ1n) is 10.4. The first kappa shape index (κ1) is 24.5. The van der Waals surface area contributed by atoms with Crippen LogP contribution in [0.2, 0.25) is 0 Å². The lowest BCUT2D eigenvalue weighted by molar-refractivity contribution is -0.123. The molecule has 1 atom stereocenters. The van der Waals surface area contributed by atoms with Crippen molar-refractivity contribution in [1.82, 2.24) is 4.31 Å². The van der Waals surface area contributed by atoms with E-state index in [9.17, 15) is 22.4 Å². The Morgan fingerprint density at radius 3 is 2.42 bits per heavy atom. The van der Waals surface area contributed by atoms with Gasteiger partial charge in [-0.15, -0.1) is 0 Å². The molecule has 0 fully saturated rings. The van der Waals surface area contributed by atoms with E-state index in [2.05, 4.69) is 5.32 Å². The van der Waals surface area contributed by atoms with E-state index in [1.165, 1.54) is 11.2 Å². The summed E-state index contributed by atoms with van der Waals surface area (Å²) in [5, 5.41) is 2.58. The number of sulfonamides is 1. The predicted molar refractivity (Wildman–Crippen MR) is 117 cm³/mol. The van der Waals surface area contributed by atoms with Gasteiger partial charge < -0.3 is 19.5 Å². The van der Waals surface area contributed by atoms with Gasteiger partial charge in [0, 0.05) is 24.8 Å². The van der Waals surface area contributed by atoms with Crippen LogP contribution in [-0.2, 0) is 19.6 Å². The van der Waals surface area contributed by atoms with Gasteiger partial charge >= 0.3 is 5.97 Å². The second kappa shape index (κ2) is 10.2. The van der Waals surface area contributed by atoms with Gasteiger partial charge in [-0.05, 0) is 37.3 Å². The van der Waals surface area contributed by atoms with Crippen LogP contribution in [0.5, 0.6) is 11.5 Å². The first-order valence-corrected chi connectivity index (χ1v) is 11.8. The van der Waals surface area contributed by atoms with Crippen molar-refractivity contribution < 1.29 is 36.6 Å². The minimum absolute atomic E-state index is 0.215. The Balaban J connectivity index is 1.72. The average molecular weight is 481 g/mol. The van der Waals surface area contributed by atoms with E-state index in [4.69, 9.17) is 14.2 Å². The van der Waals surface area contributed by atoms with E-state index in [1.807, 2.05) is 0 Å². The fourth-order valence-electron chi connectivity index (χ4n) is 3.18. The van der Waals surface area contributed by atoms with Crippen molar-refractivity contribution in [3.8, 4) is 11.5 Å². The molecule has 1 aliphatic heterocycles. The lowest BCUT2D eigenvalue weighted by Crippen LogP contribution is -2.31. The molecule has 0 saturated carbocycles. The third-order valence-corrected chi connectivity index (χ3v) is 7.01. The zero-order valence-corrected chi connectivity index (χ0v) is 19.3. The number of rotatable bonds is 8. The Morgan fingerprint density at radius 2 is 1.76 bits per heavy atom. The van der Waals surface area contributed by atoms with Gasteiger partial charge in [-0.1, -0.05) is 13.8 Å². The molecular formula is C22H25FN2O7S. The second-order valence-electron chi connectivity index (χ2n) is 7.13. The Kier molecular flexibility index (Phi) is 7.54. The number of halogens is 1. The number of hydrogen-bond acceptors (Lipinski definition) is 7. The topological polar surface area (TPSA) is 111 Å². The number of amides is 1. The Bertz CT molecular complexity index is 1150. The highest BCUT2D eigenvalue weighted by Gasteiger charge is 2.27. The molecule has 11 heteroatoms. The van der Waals surface area contributed by atoms with E-state index in [0.717, 1.165) is 18.2 Å². The number of carbonyl (C=O) groups is 2. The van der Waals surface area contributed by atoms with Crippen molar-refractivity contribution >= 4 is 27.6 Å². The van der Waals surface area contributed by atoms with Crippen molar-refractivity contribution in [2.45, 2.75) is 31.8 Å². The molecule has 0 bridgehead atoms. The Hall–Kier alpha value is -3.18. The monoisotopic (exact) mass is 480 g/mol. The maximum Gasteiger partial charge on any atom is 0.341 e. The van der Waals surface area contributed by atoms with Gasteiger partial charge in [0.25, 0.3) is 5.91 Å². The Morgan fingerprint density at radius 1 is 1.09 bits per heavy atom. The molecule has 1 unspecified atom stereocenters. The first-order chi connectivity index (χ1) is 15.7. The van der Waals surface area contributed by atoms with Crippen molar-refractivity contribution in [2.75, 3.05) is 31.6 Å². The summed E-state index contributed by atoms with van der Waals surface area (Å²) < 4.78 is 56.8. The summed E-state index contributed by atoms with van der Waals surface area (Å²) in [5.74, 6) is -1.76. The highest BCUT2D eigenvalue weighted by Crippen LogP contribution is 2.32. The quantitative estimate of drug-likeness (QED) is 0.579. The van der Waals surface area contributed by atoms with Crippen molar-refractivity contribution in [3.05, 3.63) is 47.8 Å². The second-order valence-corrected chi connectivity index (χ2v) is 9.06. The molecule has 178 valence electrons. The molecule has 1 aliphatic rings. The van der Waals surface area contributed by atoms with Crippen LogP contribution in [0.4, 0.5) is 10.1 Å². The zero-order chi connectivity index (χ0) is 24.2. The number of benzene rings is 2. The van der Waals surface area contributed by atoms with Crippen LogP contribution in [0.15, 0.2) is 41.3 Å². The van der Waals surface area contributed by atoms with Crippen molar-refractivity contribution in [2.24, 2.45) is 0 Å². The summed E-state index contributed by atoms with van der Waals surface area (Å²) >= 11 is 0. The van der Waals surface area contributed by atoms with Crippen LogP contribution in [0, 0.1) is 5.82 Å².